The molecule has 5 heteroatoms. The highest BCUT2D eigenvalue weighted by Crippen LogP contribution is 2.37. The van der Waals surface area contributed by atoms with Gasteiger partial charge in [0.25, 0.3) is 0 Å². The summed E-state index contributed by atoms with van der Waals surface area (Å²) in [5.74, 6) is -0.211. The molecule has 0 amide bonds. The van der Waals surface area contributed by atoms with Crippen LogP contribution in [0.5, 0.6) is 0 Å². The van der Waals surface area contributed by atoms with Crippen LogP contribution in [0.25, 0.3) is 0 Å². The molecule has 130 valence electrons. The van der Waals surface area contributed by atoms with E-state index in [1.54, 1.807) is 0 Å². The third kappa shape index (κ3) is 6.95. The predicted octanol–water partition coefficient (Wildman–Crippen LogP) is 3.55. The number of ether oxygens (including phenoxy) is 1. The van der Waals surface area contributed by atoms with Gasteiger partial charge < -0.3 is 14.3 Å². The number of ketones is 1. The predicted molar refractivity (Wildman–Crippen MR) is 94.9 cm³/mol. The number of aliphatic hydroxyl groups is 1. The van der Waals surface area contributed by atoms with E-state index in [1.165, 1.54) is 0 Å². The Morgan fingerprint density at radius 1 is 1.22 bits per heavy atom. The van der Waals surface area contributed by atoms with Crippen molar-refractivity contribution >= 4 is 14.1 Å². The van der Waals surface area contributed by atoms with Gasteiger partial charge in [-0.05, 0) is 23.7 Å². The Hall–Kier alpha value is -1.01. The molecule has 0 aliphatic heterocycles. The number of Topliss-reactive ketones (excluding diaryl/α,β-unsaturated/α-hetero) is 1. The molecule has 0 radical (unpaired) electrons. The molecule has 1 N–H and O–H groups in total. The highest BCUT2D eigenvalue weighted by molar-refractivity contribution is 6.74. The van der Waals surface area contributed by atoms with E-state index in [0.29, 0.717) is 13.2 Å². The molecular formula is C18H30O4Si. The standard InChI is InChI=1S/C18H30O4Si/c1-18(2,3)23(4,5)22-17(11-16(20)12-19)14-21-13-15-9-7-6-8-10-15/h6-10,17,19H,11-14H2,1-5H3. The average molecular weight is 339 g/mol. The second-order valence-corrected chi connectivity index (χ2v) is 12.2. The van der Waals surface area contributed by atoms with E-state index in [2.05, 4.69) is 33.9 Å². The highest BCUT2D eigenvalue weighted by Gasteiger charge is 2.39. The lowest BCUT2D eigenvalue weighted by atomic mass is 10.2. The van der Waals surface area contributed by atoms with Gasteiger partial charge in [0, 0.05) is 6.42 Å². The number of hydrogen-bond acceptors (Lipinski definition) is 4. The van der Waals surface area contributed by atoms with E-state index in [-0.39, 0.29) is 23.3 Å². The Labute approximate surface area is 140 Å². The molecule has 23 heavy (non-hydrogen) atoms. The van der Waals surface area contributed by atoms with E-state index < -0.39 is 14.9 Å². The van der Waals surface area contributed by atoms with Crippen LogP contribution in [-0.4, -0.2) is 38.5 Å². The zero-order valence-electron chi connectivity index (χ0n) is 15.0. The Balaban J connectivity index is 2.63. The fourth-order valence-corrected chi connectivity index (χ4v) is 3.27. The van der Waals surface area contributed by atoms with Crippen molar-refractivity contribution in [2.24, 2.45) is 0 Å². The second-order valence-electron chi connectivity index (χ2n) is 7.40. The lowest BCUT2D eigenvalue weighted by molar-refractivity contribution is -0.124. The van der Waals surface area contributed by atoms with Gasteiger partial charge in [-0.3, -0.25) is 4.79 Å². The first-order chi connectivity index (χ1) is 10.7. The van der Waals surface area contributed by atoms with E-state index in [9.17, 15) is 4.79 Å². The maximum Gasteiger partial charge on any atom is 0.192 e. The lowest BCUT2D eigenvalue weighted by Gasteiger charge is -2.39. The molecule has 1 aromatic rings. The molecule has 0 spiro atoms. The van der Waals surface area contributed by atoms with E-state index in [0.717, 1.165) is 5.56 Å². The van der Waals surface area contributed by atoms with Crippen LogP contribution < -0.4 is 0 Å². The number of hydrogen-bond donors (Lipinski definition) is 1. The van der Waals surface area contributed by atoms with Crippen molar-refractivity contribution in [3.05, 3.63) is 35.9 Å². The molecule has 0 heterocycles. The van der Waals surface area contributed by atoms with Gasteiger partial charge in [0.15, 0.2) is 14.1 Å². The molecule has 0 aliphatic carbocycles. The topological polar surface area (TPSA) is 55.8 Å². The lowest BCUT2D eigenvalue weighted by Crippen LogP contribution is -2.45. The zero-order chi connectivity index (χ0) is 17.5. The maximum absolute atomic E-state index is 11.6. The zero-order valence-corrected chi connectivity index (χ0v) is 16.0. The van der Waals surface area contributed by atoms with Gasteiger partial charge in [0.2, 0.25) is 0 Å². The van der Waals surface area contributed by atoms with Crippen LogP contribution in [0.3, 0.4) is 0 Å². The normalized spacial score (nSPS) is 13.8. The Bertz CT molecular complexity index is 480. The first kappa shape index (κ1) is 20.0. The number of carbonyl (C=O) groups is 1. The van der Waals surface area contributed by atoms with Crippen molar-refractivity contribution in [1.29, 1.82) is 0 Å². The van der Waals surface area contributed by atoms with Crippen molar-refractivity contribution in [1.82, 2.24) is 0 Å². The molecule has 1 atom stereocenters. The molecule has 0 fully saturated rings. The van der Waals surface area contributed by atoms with Crippen molar-refractivity contribution in [2.45, 2.75) is 58.0 Å². The number of rotatable bonds is 9. The summed E-state index contributed by atoms with van der Waals surface area (Å²) in [6.45, 7) is 11.2. The Kier molecular flexibility index (Phi) is 7.60. The highest BCUT2D eigenvalue weighted by atomic mass is 28.4. The smallest absolute Gasteiger partial charge is 0.192 e. The summed E-state index contributed by atoms with van der Waals surface area (Å²) in [6.07, 6.45) is -0.114. The maximum atomic E-state index is 11.6. The summed E-state index contributed by atoms with van der Waals surface area (Å²) >= 11 is 0. The van der Waals surface area contributed by atoms with Crippen LogP contribution >= 0.6 is 0 Å². The molecule has 0 bridgehead atoms. The van der Waals surface area contributed by atoms with Gasteiger partial charge in [0.1, 0.15) is 6.61 Å². The molecule has 4 nitrogen and oxygen atoms in total. The van der Waals surface area contributed by atoms with Gasteiger partial charge in [-0.1, -0.05) is 51.1 Å². The van der Waals surface area contributed by atoms with E-state index in [4.69, 9.17) is 14.3 Å². The molecule has 0 saturated heterocycles. The van der Waals surface area contributed by atoms with E-state index in [1.807, 2.05) is 30.3 Å². The molecule has 1 unspecified atom stereocenters. The van der Waals surface area contributed by atoms with Gasteiger partial charge in [0.05, 0.1) is 19.3 Å². The number of aliphatic hydroxyl groups excluding tert-OH is 1. The summed E-state index contributed by atoms with van der Waals surface area (Å²) in [7, 11) is -1.99. The summed E-state index contributed by atoms with van der Waals surface area (Å²) in [5, 5.41) is 9.07. The summed E-state index contributed by atoms with van der Waals surface area (Å²) < 4.78 is 12.0. The molecule has 0 saturated carbocycles. The van der Waals surface area contributed by atoms with Gasteiger partial charge >= 0.3 is 0 Å². The first-order valence-corrected chi connectivity index (χ1v) is 11.0. The molecular weight excluding hydrogens is 308 g/mol. The second kappa shape index (κ2) is 8.73. The molecule has 1 aromatic carbocycles. The van der Waals surface area contributed by atoms with Crippen LogP contribution in [-0.2, 0) is 20.6 Å². The van der Waals surface area contributed by atoms with Crippen molar-refractivity contribution < 1.29 is 19.1 Å². The molecule has 0 aromatic heterocycles. The number of benzene rings is 1. The van der Waals surface area contributed by atoms with E-state index >= 15 is 0 Å². The Morgan fingerprint density at radius 3 is 2.35 bits per heavy atom. The largest absolute Gasteiger partial charge is 0.411 e. The van der Waals surface area contributed by atoms with Crippen LogP contribution in [0.15, 0.2) is 30.3 Å². The Morgan fingerprint density at radius 2 is 1.83 bits per heavy atom. The molecule has 0 aliphatic rings. The van der Waals surface area contributed by atoms with Crippen molar-refractivity contribution in [2.75, 3.05) is 13.2 Å². The fourth-order valence-electron chi connectivity index (χ4n) is 1.93. The summed E-state index contributed by atoms with van der Waals surface area (Å²) in [6, 6.07) is 9.91. The minimum absolute atomic E-state index is 0.0624. The molecule has 1 rings (SSSR count). The number of carbonyl (C=O) groups excluding carboxylic acids is 1. The third-order valence-corrected chi connectivity index (χ3v) is 8.85. The van der Waals surface area contributed by atoms with Crippen LogP contribution in [0.1, 0.15) is 32.8 Å². The summed E-state index contributed by atoms with van der Waals surface area (Å²) in [4.78, 5) is 11.6. The quantitative estimate of drug-likeness (QED) is 0.700. The van der Waals surface area contributed by atoms with Crippen molar-refractivity contribution in [3.63, 3.8) is 0 Å². The monoisotopic (exact) mass is 338 g/mol. The minimum atomic E-state index is -1.99. The third-order valence-electron chi connectivity index (χ3n) is 4.31. The van der Waals surface area contributed by atoms with Crippen LogP contribution in [0.2, 0.25) is 18.1 Å². The van der Waals surface area contributed by atoms with Gasteiger partial charge in [-0.25, -0.2) is 0 Å². The SMILES string of the molecule is CC(C)(C)[Si](C)(C)OC(COCc1ccccc1)CC(=O)CO. The average Bonchev–Trinajstić information content (AvgIpc) is 2.46. The van der Waals surface area contributed by atoms with Crippen molar-refractivity contribution in [3.8, 4) is 0 Å². The first-order valence-electron chi connectivity index (χ1n) is 8.08. The van der Waals surface area contributed by atoms with Gasteiger partial charge in [-0.15, -0.1) is 0 Å². The minimum Gasteiger partial charge on any atom is -0.411 e. The fraction of sp³-hybridized carbons (Fsp3) is 0.611. The van der Waals surface area contributed by atoms with Crippen LogP contribution in [0.4, 0.5) is 0 Å². The van der Waals surface area contributed by atoms with Crippen LogP contribution in [0, 0.1) is 0 Å². The van der Waals surface area contributed by atoms with Gasteiger partial charge in [-0.2, -0.15) is 0 Å². The summed E-state index contributed by atoms with van der Waals surface area (Å²) in [5.41, 5.74) is 1.09.